The van der Waals surface area contributed by atoms with Gasteiger partial charge in [-0.25, -0.2) is 0 Å². The second-order valence-electron chi connectivity index (χ2n) is 5.04. The lowest BCUT2D eigenvalue weighted by molar-refractivity contribution is 0.0998. The van der Waals surface area contributed by atoms with Crippen molar-refractivity contribution in [1.29, 1.82) is 0 Å². The number of ether oxygens (including phenoxy) is 2. The molecule has 2 aromatic rings. The molecule has 21 heavy (non-hydrogen) atoms. The molecule has 0 unspecified atom stereocenters. The van der Waals surface area contributed by atoms with Gasteiger partial charge in [0.05, 0.1) is 12.7 Å². The second kappa shape index (κ2) is 5.44. The van der Waals surface area contributed by atoms with Gasteiger partial charge >= 0.3 is 0 Å². The van der Waals surface area contributed by atoms with Crippen LogP contribution in [0.15, 0.2) is 48.0 Å². The van der Waals surface area contributed by atoms with Gasteiger partial charge in [-0.3, -0.25) is 4.79 Å². The fourth-order valence-electron chi connectivity index (χ4n) is 2.46. The molecule has 1 aliphatic heterocycles. The van der Waals surface area contributed by atoms with E-state index in [0.29, 0.717) is 22.6 Å². The Balaban J connectivity index is 2.03. The number of methoxy groups -OCH3 is 1. The van der Waals surface area contributed by atoms with Crippen molar-refractivity contribution in [2.24, 2.45) is 0 Å². The molecule has 106 valence electrons. The van der Waals surface area contributed by atoms with Crippen LogP contribution in [0.25, 0.3) is 6.08 Å². The Bertz CT molecular complexity index is 715. The molecule has 0 amide bonds. The lowest BCUT2D eigenvalue weighted by Gasteiger charge is -2.21. The van der Waals surface area contributed by atoms with Gasteiger partial charge in [-0.1, -0.05) is 30.3 Å². The highest BCUT2D eigenvalue weighted by atomic mass is 16.5. The molecule has 0 radical (unpaired) electrons. The van der Waals surface area contributed by atoms with Gasteiger partial charge in [-0.15, -0.1) is 0 Å². The Morgan fingerprint density at radius 2 is 1.95 bits per heavy atom. The number of benzene rings is 2. The lowest BCUT2D eigenvalue weighted by Crippen LogP contribution is -2.19. The molecule has 0 saturated heterocycles. The summed E-state index contributed by atoms with van der Waals surface area (Å²) in [7, 11) is 1.58. The molecule has 0 bridgehead atoms. The van der Waals surface area contributed by atoms with E-state index in [1.54, 1.807) is 7.11 Å². The average Bonchev–Trinajstić information content (AvgIpc) is 2.51. The van der Waals surface area contributed by atoms with Gasteiger partial charge in [0.1, 0.15) is 6.61 Å². The molecular formula is C18H16O3. The topological polar surface area (TPSA) is 35.5 Å². The van der Waals surface area contributed by atoms with Crippen LogP contribution in [0.3, 0.4) is 0 Å². The van der Waals surface area contributed by atoms with E-state index in [9.17, 15) is 4.79 Å². The number of aryl methyl sites for hydroxylation is 1. The highest BCUT2D eigenvalue weighted by molar-refractivity contribution is 6.14. The van der Waals surface area contributed by atoms with Crippen molar-refractivity contribution < 1.29 is 14.3 Å². The number of hydrogen-bond acceptors (Lipinski definition) is 3. The third kappa shape index (κ3) is 2.55. The standard InChI is InChI=1S/C18H16O3/c1-12-8-15-17(19)14(10-13-6-4-3-5-7-13)11-21-18(15)16(9-12)20-2/h3-10H,11H2,1-2H3/b14-10+. The number of ketones is 1. The van der Waals surface area contributed by atoms with Crippen molar-refractivity contribution in [1.82, 2.24) is 0 Å². The number of Topliss-reactive ketones (excluding diaryl/α,β-unsaturated/α-hetero) is 1. The summed E-state index contributed by atoms with van der Waals surface area (Å²) in [4.78, 5) is 12.6. The van der Waals surface area contributed by atoms with Crippen molar-refractivity contribution in [3.8, 4) is 11.5 Å². The van der Waals surface area contributed by atoms with Crippen molar-refractivity contribution in [2.45, 2.75) is 6.92 Å². The number of fused-ring (bicyclic) bond motifs is 1. The van der Waals surface area contributed by atoms with Crippen molar-refractivity contribution in [2.75, 3.05) is 13.7 Å². The Morgan fingerprint density at radius 3 is 2.67 bits per heavy atom. The van der Waals surface area contributed by atoms with E-state index in [-0.39, 0.29) is 12.4 Å². The quantitative estimate of drug-likeness (QED) is 0.787. The molecular weight excluding hydrogens is 264 g/mol. The SMILES string of the molecule is COc1cc(C)cc2c1OC/C(=C\c1ccccc1)C2=O. The predicted octanol–water partition coefficient (Wildman–Crippen LogP) is 3.66. The lowest BCUT2D eigenvalue weighted by atomic mass is 9.96. The third-order valence-electron chi connectivity index (χ3n) is 3.47. The zero-order valence-electron chi connectivity index (χ0n) is 12.1. The van der Waals surface area contributed by atoms with Crippen molar-refractivity contribution in [3.63, 3.8) is 0 Å². The van der Waals surface area contributed by atoms with E-state index in [2.05, 4.69) is 0 Å². The van der Waals surface area contributed by atoms with Gasteiger partial charge in [0, 0.05) is 5.57 Å². The van der Waals surface area contributed by atoms with Crippen molar-refractivity contribution >= 4 is 11.9 Å². The highest BCUT2D eigenvalue weighted by Crippen LogP contribution is 2.37. The maximum absolute atomic E-state index is 12.6. The van der Waals surface area contributed by atoms with E-state index >= 15 is 0 Å². The van der Waals surface area contributed by atoms with Gasteiger partial charge in [-0.05, 0) is 36.3 Å². The first-order valence-corrected chi connectivity index (χ1v) is 6.81. The van der Waals surface area contributed by atoms with Gasteiger partial charge in [0.15, 0.2) is 17.3 Å². The van der Waals surface area contributed by atoms with E-state index < -0.39 is 0 Å². The van der Waals surface area contributed by atoms with Gasteiger partial charge in [-0.2, -0.15) is 0 Å². The second-order valence-corrected chi connectivity index (χ2v) is 5.04. The Kier molecular flexibility index (Phi) is 3.48. The van der Waals surface area contributed by atoms with Gasteiger partial charge < -0.3 is 9.47 Å². The van der Waals surface area contributed by atoms with E-state index in [4.69, 9.17) is 9.47 Å². The van der Waals surface area contributed by atoms with E-state index in [0.717, 1.165) is 11.1 Å². The Labute approximate surface area is 123 Å². The summed E-state index contributed by atoms with van der Waals surface area (Å²) in [5.74, 6) is 1.15. The average molecular weight is 280 g/mol. The summed E-state index contributed by atoms with van der Waals surface area (Å²) in [6.45, 7) is 2.20. The number of rotatable bonds is 2. The predicted molar refractivity (Wildman–Crippen MR) is 82.0 cm³/mol. The van der Waals surface area contributed by atoms with Crippen LogP contribution in [0, 0.1) is 6.92 Å². The van der Waals surface area contributed by atoms with Crippen LogP contribution in [0.5, 0.6) is 11.5 Å². The molecule has 0 fully saturated rings. The number of hydrogen-bond donors (Lipinski definition) is 0. The molecule has 1 aliphatic rings. The van der Waals surface area contributed by atoms with Crippen molar-refractivity contribution in [3.05, 3.63) is 64.7 Å². The molecule has 0 saturated carbocycles. The largest absolute Gasteiger partial charge is 0.493 e. The Hall–Kier alpha value is -2.55. The summed E-state index contributed by atoms with van der Waals surface area (Å²) < 4.78 is 11.0. The van der Waals surface area contributed by atoms with E-state index in [1.165, 1.54) is 0 Å². The van der Waals surface area contributed by atoms with Crippen LogP contribution in [-0.2, 0) is 0 Å². The molecule has 0 spiro atoms. The number of carbonyl (C=O) groups excluding carboxylic acids is 1. The summed E-state index contributed by atoms with van der Waals surface area (Å²) in [6, 6.07) is 13.5. The molecule has 0 aromatic heterocycles. The third-order valence-corrected chi connectivity index (χ3v) is 3.47. The smallest absolute Gasteiger partial charge is 0.196 e. The van der Waals surface area contributed by atoms with Crippen LogP contribution in [0.2, 0.25) is 0 Å². The Morgan fingerprint density at radius 1 is 1.19 bits per heavy atom. The first kappa shape index (κ1) is 13.4. The molecule has 3 rings (SSSR count). The molecule has 0 atom stereocenters. The maximum atomic E-state index is 12.6. The first-order chi connectivity index (χ1) is 10.2. The van der Waals surface area contributed by atoms with Crippen LogP contribution in [0.4, 0.5) is 0 Å². The molecule has 3 nitrogen and oxygen atoms in total. The first-order valence-electron chi connectivity index (χ1n) is 6.81. The van der Waals surface area contributed by atoms with Crippen LogP contribution < -0.4 is 9.47 Å². The minimum Gasteiger partial charge on any atom is -0.493 e. The molecule has 2 aromatic carbocycles. The van der Waals surface area contributed by atoms with Crippen LogP contribution in [-0.4, -0.2) is 19.5 Å². The number of carbonyl (C=O) groups is 1. The summed E-state index contributed by atoms with van der Waals surface area (Å²) >= 11 is 0. The maximum Gasteiger partial charge on any atom is 0.196 e. The zero-order valence-corrected chi connectivity index (χ0v) is 12.1. The minimum absolute atomic E-state index is 0.00195. The summed E-state index contributed by atoms with van der Waals surface area (Å²) in [5, 5.41) is 0. The minimum atomic E-state index is 0.00195. The molecule has 3 heteroatoms. The molecule has 0 aliphatic carbocycles. The normalized spacial score (nSPS) is 15.5. The van der Waals surface area contributed by atoms with Gasteiger partial charge in [0.25, 0.3) is 0 Å². The van der Waals surface area contributed by atoms with Crippen LogP contribution in [0.1, 0.15) is 21.5 Å². The zero-order chi connectivity index (χ0) is 14.8. The van der Waals surface area contributed by atoms with Gasteiger partial charge in [0.2, 0.25) is 0 Å². The highest BCUT2D eigenvalue weighted by Gasteiger charge is 2.26. The van der Waals surface area contributed by atoms with Crippen LogP contribution >= 0.6 is 0 Å². The monoisotopic (exact) mass is 280 g/mol. The molecule has 0 N–H and O–H groups in total. The summed E-state index contributed by atoms with van der Waals surface area (Å²) in [6.07, 6.45) is 1.88. The fraction of sp³-hybridized carbons (Fsp3) is 0.167. The molecule has 1 heterocycles. The van der Waals surface area contributed by atoms with E-state index in [1.807, 2.05) is 55.5 Å². The summed E-state index contributed by atoms with van der Waals surface area (Å²) in [5.41, 5.74) is 3.19. The fourth-order valence-corrected chi connectivity index (χ4v) is 2.46.